The van der Waals surface area contributed by atoms with Gasteiger partial charge in [0.25, 0.3) is 11.5 Å². The molecule has 0 aliphatic heterocycles. The van der Waals surface area contributed by atoms with Crippen molar-refractivity contribution in [3.63, 3.8) is 0 Å². The Bertz CT molecular complexity index is 1310. The predicted molar refractivity (Wildman–Crippen MR) is 141 cm³/mol. The number of aromatic nitrogens is 4. The third-order valence-electron chi connectivity index (χ3n) is 7.63. The number of carbonyl (C=O) groups excluding carboxylic acids is 1. The SMILES string of the molecule is CNc1cc(Nc2cccn([C@H]3CC[C@H](OC)CC3)c2=O)nc2c(C(=O)N[C@@H]3CC[C@@H](OC)C3)cnn12. The van der Waals surface area contributed by atoms with Gasteiger partial charge in [0, 0.05) is 45.6 Å². The molecular weight excluding hydrogens is 474 g/mol. The summed E-state index contributed by atoms with van der Waals surface area (Å²) in [4.78, 5) is 31.1. The third-order valence-corrected chi connectivity index (χ3v) is 7.63. The Labute approximate surface area is 215 Å². The van der Waals surface area contributed by atoms with Crippen LogP contribution in [0.2, 0.25) is 0 Å². The summed E-state index contributed by atoms with van der Waals surface area (Å²) in [5.74, 6) is 0.864. The van der Waals surface area contributed by atoms with Gasteiger partial charge < -0.3 is 30.0 Å². The Hall–Kier alpha value is -3.44. The van der Waals surface area contributed by atoms with Crippen molar-refractivity contribution in [2.45, 2.75) is 69.2 Å². The summed E-state index contributed by atoms with van der Waals surface area (Å²) < 4.78 is 14.3. The van der Waals surface area contributed by atoms with Crippen LogP contribution in [-0.2, 0) is 9.47 Å². The molecule has 1 amide bonds. The first-order valence-electron chi connectivity index (χ1n) is 12.9. The molecule has 5 rings (SSSR count). The number of amides is 1. The van der Waals surface area contributed by atoms with Crippen LogP contribution >= 0.6 is 0 Å². The summed E-state index contributed by atoms with van der Waals surface area (Å²) in [7, 11) is 5.21. The number of hydrogen-bond donors (Lipinski definition) is 3. The molecule has 37 heavy (non-hydrogen) atoms. The summed E-state index contributed by atoms with van der Waals surface area (Å²) in [6, 6.07) is 5.58. The quantitative estimate of drug-likeness (QED) is 0.423. The molecule has 0 unspecified atom stereocenters. The van der Waals surface area contributed by atoms with Gasteiger partial charge in [-0.3, -0.25) is 9.59 Å². The summed E-state index contributed by atoms with van der Waals surface area (Å²) in [6.07, 6.45) is 10.1. The van der Waals surface area contributed by atoms with E-state index in [0.717, 1.165) is 44.9 Å². The van der Waals surface area contributed by atoms with E-state index in [4.69, 9.17) is 9.47 Å². The van der Waals surface area contributed by atoms with Gasteiger partial charge in [-0.1, -0.05) is 0 Å². The highest BCUT2D eigenvalue weighted by molar-refractivity contribution is 6.00. The Kier molecular flexibility index (Phi) is 7.43. The molecule has 198 valence electrons. The molecule has 0 radical (unpaired) electrons. The van der Waals surface area contributed by atoms with Crippen LogP contribution in [0.3, 0.4) is 0 Å². The first-order chi connectivity index (χ1) is 18.0. The summed E-state index contributed by atoms with van der Waals surface area (Å²) in [6.45, 7) is 0. The number of carbonyl (C=O) groups is 1. The molecule has 3 N–H and O–H groups in total. The number of anilines is 3. The zero-order chi connectivity index (χ0) is 25.9. The van der Waals surface area contributed by atoms with Crippen molar-refractivity contribution in [1.82, 2.24) is 24.5 Å². The van der Waals surface area contributed by atoms with E-state index in [2.05, 4.69) is 26.0 Å². The summed E-state index contributed by atoms with van der Waals surface area (Å²) >= 11 is 0. The van der Waals surface area contributed by atoms with Gasteiger partial charge in [-0.25, -0.2) is 4.98 Å². The van der Waals surface area contributed by atoms with Gasteiger partial charge in [0.1, 0.15) is 22.9 Å². The standard InChI is InChI=1S/C26H35N7O4/c1-27-23-14-22(30-21-5-4-12-32(26(21)35)17-7-10-18(36-2)11-8-17)31-24-20(15-28-33(23)24)25(34)29-16-6-9-19(13-16)37-3/h4-5,12,14-19,27H,6-11,13H2,1-3H3,(H,29,34)(H,30,31)/t16-,17-,18-,19-/m1/s1. The van der Waals surface area contributed by atoms with Gasteiger partial charge in [0.05, 0.1) is 18.4 Å². The Morgan fingerprint density at radius 2 is 1.84 bits per heavy atom. The van der Waals surface area contributed by atoms with Crippen molar-refractivity contribution in [3.8, 4) is 0 Å². The van der Waals surface area contributed by atoms with Crippen LogP contribution in [0.1, 0.15) is 61.3 Å². The molecule has 2 aliphatic rings. The highest BCUT2D eigenvalue weighted by Gasteiger charge is 2.28. The minimum atomic E-state index is -0.225. The van der Waals surface area contributed by atoms with Crippen LogP contribution in [0.25, 0.3) is 5.65 Å². The maximum absolute atomic E-state index is 13.3. The van der Waals surface area contributed by atoms with Crippen molar-refractivity contribution < 1.29 is 14.3 Å². The van der Waals surface area contributed by atoms with Crippen molar-refractivity contribution in [3.05, 3.63) is 46.5 Å². The van der Waals surface area contributed by atoms with E-state index in [1.807, 2.05) is 12.3 Å². The van der Waals surface area contributed by atoms with Crippen molar-refractivity contribution in [2.24, 2.45) is 0 Å². The molecule has 3 aromatic heterocycles. The molecule has 11 heteroatoms. The average molecular weight is 510 g/mol. The first kappa shape index (κ1) is 25.2. The molecule has 2 atom stereocenters. The van der Waals surface area contributed by atoms with Gasteiger partial charge in [0.15, 0.2) is 5.65 Å². The minimum Gasteiger partial charge on any atom is -0.381 e. The van der Waals surface area contributed by atoms with Crippen LogP contribution in [0.5, 0.6) is 0 Å². The van der Waals surface area contributed by atoms with E-state index < -0.39 is 0 Å². The molecule has 0 saturated heterocycles. The first-order valence-corrected chi connectivity index (χ1v) is 12.9. The molecule has 0 bridgehead atoms. The molecule has 2 saturated carbocycles. The van der Waals surface area contributed by atoms with E-state index in [1.165, 1.54) is 6.20 Å². The third kappa shape index (κ3) is 5.19. The largest absolute Gasteiger partial charge is 0.381 e. The average Bonchev–Trinajstić information content (AvgIpc) is 3.56. The lowest BCUT2D eigenvalue weighted by atomic mass is 9.92. The minimum absolute atomic E-state index is 0.0548. The molecule has 3 aromatic rings. The monoisotopic (exact) mass is 509 g/mol. The molecule has 3 heterocycles. The topological polar surface area (TPSA) is 124 Å². The van der Waals surface area contributed by atoms with Crippen molar-refractivity contribution in [1.29, 1.82) is 0 Å². The molecule has 0 spiro atoms. The Balaban J connectivity index is 1.39. The normalized spacial score (nSPS) is 23.8. The van der Waals surface area contributed by atoms with Crippen LogP contribution < -0.4 is 21.5 Å². The maximum atomic E-state index is 13.3. The van der Waals surface area contributed by atoms with Crippen molar-refractivity contribution in [2.75, 3.05) is 31.9 Å². The van der Waals surface area contributed by atoms with Crippen LogP contribution in [0.15, 0.2) is 35.4 Å². The lowest BCUT2D eigenvalue weighted by Gasteiger charge is -2.29. The van der Waals surface area contributed by atoms with E-state index in [9.17, 15) is 9.59 Å². The number of fused-ring (bicyclic) bond motifs is 1. The predicted octanol–water partition coefficient (Wildman–Crippen LogP) is 3.10. The highest BCUT2D eigenvalue weighted by atomic mass is 16.5. The zero-order valence-electron chi connectivity index (χ0n) is 21.6. The van der Waals surface area contributed by atoms with Gasteiger partial charge in [-0.15, -0.1) is 0 Å². The molecular formula is C26H35N7O4. The number of methoxy groups -OCH3 is 2. The lowest BCUT2D eigenvalue weighted by Crippen LogP contribution is -2.33. The number of pyridine rings is 1. The Morgan fingerprint density at radius 3 is 2.54 bits per heavy atom. The number of hydrogen-bond acceptors (Lipinski definition) is 8. The van der Waals surface area contributed by atoms with E-state index >= 15 is 0 Å². The second-order valence-electron chi connectivity index (χ2n) is 9.84. The van der Waals surface area contributed by atoms with Crippen LogP contribution in [0.4, 0.5) is 17.3 Å². The van der Waals surface area contributed by atoms with Gasteiger partial charge >= 0.3 is 0 Å². The highest BCUT2D eigenvalue weighted by Crippen LogP contribution is 2.29. The van der Waals surface area contributed by atoms with Gasteiger partial charge in [-0.05, 0) is 57.1 Å². The second kappa shape index (κ2) is 10.9. The van der Waals surface area contributed by atoms with Crippen LogP contribution in [0, 0.1) is 0 Å². The zero-order valence-corrected chi connectivity index (χ0v) is 21.6. The van der Waals surface area contributed by atoms with E-state index in [-0.39, 0.29) is 35.8 Å². The number of nitrogens with zero attached hydrogens (tertiary/aromatic N) is 4. The molecule has 0 aromatic carbocycles. The Morgan fingerprint density at radius 1 is 1.08 bits per heavy atom. The molecule has 2 fully saturated rings. The number of nitrogens with one attached hydrogen (secondary N) is 3. The fourth-order valence-corrected chi connectivity index (χ4v) is 5.50. The number of ether oxygens (including phenoxy) is 2. The molecule has 11 nitrogen and oxygen atoms in total. The van der Waals surface area contributed by atoms with E-state index in [0.29, 0.717) is 28.5 Å². The number of rotatable bonds is 8. The second-order valence-corrected chi connectivity index (χ2v) is 9.84. The van der Waals surface area contributed by atoms with E-state index in [1.54, 1.807) is 42.5 Å². The fraction of sp³-hybridized carbons (Fsp3) is 0.538. The summed E-state index contributed by atoms with van der Waals surface area (Å²) in [5.41, 5.74) is 1.11. The summed E-state index contributed by atoms with van der Waals surface area (Å²) in [5, 5.41) is 13.7. The van der Waals surface area contributed by atoms with Crippen LogP contribution in [-0.4, -0.2) is 64.6 Å². The fourth-order valence-electron chi connectivity index (χ4n) is 5.50. The molecule has 2 aliphatic carbocycles. The lowest BCUT2D eigenvalue weighted by molar-refractivity contribution is 0.0580. The maximum Gasteiger partial charge on any atom is 0.274 e. The smallest absolute Gasteiger partial charge is 0.274 e. The van der Waals surface area contributed by atoms with Crippen molar-refractivity contribution >= 4 is 28.9 Å². The van der Waals surface area contributed by atoms with Gasteiger partial charge in [0.2, 0.25) is 0 Å². The van der Waals surface area contributed by atoms with Gasteiger partial charge in [-0.2, -0.15) is 9.61 Å².